The van der Waals surface area contributed by atoms with E-state index in [0.29, 0.717) is 21.2 Å². The first kappa shape index (κ1) is 23.6. The number of esters is 2. The molecule has 0 spiro atoms. The molecule has 2 amide bonds. The fourth-order valence-corrected chi connectivity index (χ4v) is 3.23. The first-order valence-electron chi connectivity index (χ1n) is 9.74. The van der Waals surface area contributed by atoms with Gasteiger partial charge in [-0.2, -0.15) is 0 Å². The van der Waals surface area contributed by atoms with Gasteiger partial charge in [0.25, 0.3) is 11.8 Å². The zero-order valence-electron chi connectivity index (χ0n) is 17.0. The second kappa shape index (κ2) is 11.0. The van der Waals surface area contributed by atoms with E-state index in [-0.39, 0.29) is 38.0 Å². The zero-order valence-corrected chi connectivity index (χ0v) is 18.5. The molecule has 0 aromatic heterocycles. The van der Waals surface area contributed by atoms with E-state index in [1.807, 2.05) is 0 Å². The number of halogens is 2. The lowest BCUT2D eigenvalue weighted by Gasteiger charge is -2.34. The number of hydrogen-bond donors (Lipinski definition) is 0. The maximum atomic E-state index is 12.3. The molecule has 1 heterocycles. The van der Waals surface area contributed by atoms with Gasteiger partial charge in [0.15, 0.2) is 13.2 Å². The highest BCUT2D eigenvalue weighted by molar-refractivity contribution is 6.31. The summed E-state index contributed by atoms with van der Waals surface area (Å²) in [5, 5.41) is 0.981. The number of benzene rings is 2. The molecule has 0 N–H and O–H groups in total. The van der Waals surface area contributed by atoms with Crippen molar-refractivity contribution in [3.8, 4) is 0 Å². The standard InChI is InChI=1S/C22H20Cl2N2O6/c23-17-5-1-15(2-6-17)21(29)31-13-19(27)25-9-11-26(12-10-25)20(28)14-32-22(30)16-3-7-18(24)8-4-16/h1-8H,9-14H2. The van der Waals surface area contributed by atoms with Crippen molar-refractivity contribution in [3.63, 3.8) is 0 Å². The van der Waals surface area contributed by atoms with E-state index < -0.39 is 25.2 Å². The summed E-state index contributed by atoms with van der Waals surface area (Å²) in [6, 6.07) is 12.3. The van der Waals surface area contributed by atoms with Crippen molar-refractivity contribution in [2.24, 2.45) is 0 Å². The monoisotopic (exact) mass is 478 g/mol. The van der Waals surface area contributed by atoms with Gasteiger partial charge in [0.2, 0.25) is 0 Å². The van der Waals surface area contributed by atoms with Gasteiger partial charge in [0, 0.05) is 36.2 Å². The van der Waals surface area contributed by atoms with Crippen LogP contribution >= 0.6 is 23.2 Å². The summed E-state index contributed by atoms with van der Waals surface area (Å²) in [6.07, 6.45) is 0. The predicted molar refractivity (Wildman–Crippen MR) is 117 cm³/mol. The normalized spacial score (nSPS) is 13.4. The summed E-state index contributed by atoms with van der Waals surface area (Å²) in [5.41, 5.74) is 0.594. The molecule has 0 radical (unpaired) electrons. The quantitative estimate of drug-likeness (QED) is 0.592. The first-order valence-corrected chi connectivity index (χ1v) is 10.5. The van der Waals surface area contributed by atoms with Gasteiger partial charge in [-0.1, -0.05) is 23.2 Å². The maximum absolute atomic E-state index is 12.3. The Hall–Kier alpha value is -3.10. The molecule has 0 bridgehead atoms. The smallest absolute Gasteiger partial charge is 0.338 e. The SMILES string of the molecule is O=C(OCC(=O)N1CCN(C(=O)COC(=O)c2ccc(Cl)cc2)CC1)c1ccc(Cl)cc1. The van der Waals surface area contributed by atoms with Gasteiger partial charge in [0.05, 0.1) is 11.1 Å². The Morgan fingerprint density at radius 2 is 0.938 bits per heavy atom. The second-order valence-corrected chi connectivity index (χ2v) is 7.80. The molecule has 1 aliphatic heterocycles. The molecule has 0 saturated carbocycles. The molecular weight excluding hydrogens is 459 g/mol. The van der Waals surface area contributed by atoms with Gasteiger partial charge < -0.3 is 19.3 Å². The van der Waals surface area contributed by atoms with Gasteiger partial charge in [-0.3, -0.25) is 9.59 Å². The molecule has 2 aromatic rings. The largest absolute Gasteiger partial charge is 0.452 e. The van der Waals surface area contributed by atoms with Crippen LogP contribution in [-0.2, 0) is 19.1 Å². The lowest BCUT2D eigenvalue weighted by atomic mass is 10.2. The van der Waals surface area contributed by atoms with Crippen LogP contribution in [-0.4, -0.2) is 72.9 Å². The third kappa shape index (κ3) is 6.45. The Balaban J connectivity index is 1.39. The van der Waals surface area contributed by atoms with Crippen LogP contribution in [0.15, 0.2) is 48.5 Å². The number of nitrogens with zero attached hydrogens (tertiary/aromatic N) is 2. The number of piperazine rings is 1. The molecule has 8 nitrogen and oxygen atoms in total. The van der Waals surface area contributed by atoms with E-state index in [4.69, 9.17) is 32.7 Å². The van der Waals surface area contributed by atoms with E-state index in [1.54, 1.807) is 24.3 Å². The number of carbonyl (C=O) groups excluding carboxylic acids is 4. The number of ether oxygens (including phenoxy) is 2. The minimum atomic E-state index is -0.619. The van der Waals surface area contributed by atoms with Crippen LogP contribution in [0.3, 0.4) is 0 Å². The fourth-order valence-electron chi connectivity index (χ4n) is 2.98. The van der Waals surface area contributed by atoms with Crippen LogP contribution in [0, 0.1) is 0 Å². The lowest BCUT2D eigenvalue weighted by Crippen LogP contribution is -2.52. The average molecular weight is 479 g/mol. The molecule has 1 saturated heterocycles. The van der Waals surface area contributed by atoms with Gasteiger partial charge in [-0.25, -0.2) is 9.59 Å². The number of rotatable bonds is 6. The Bertz CT molecular complexity index is 905. The molecule has 0 unspecified atom stereocenters. The fraction of sp³-hybridized carbons (Fsp3) is 0.273. The lowest BCUT2D eigenvalue weighted by molar-refractivity contribution is -0.142. The third-order valence-electron chi connectivity index (χ3n) is 4.80. The first-order chi connectivity index (χ1) is 15.3. The van der Waals surface area contributed by atoms with Crippen molar-refractivity contribution in [3.05, 3.63) is 69.7 Å². The molecule has 32 heavy (non-hydrogen) atoms. The van der Waals surface area contributed by atoms with Crippen molar-refractivity contribution in [2.75, 3.05) is 39.4 Å². The molecule has 168 valence electrons. The highest BCUT2D eigenvalue weighted by Gasteiger charge is 2.25. The number of hydrogen-bond acceptors (Lipinski definition) is 6. The number of amides is 2. The van der Waals surface area contributed by atoms with E-state index in [1.165, 1.54) is 34.1 Å². The molecular formula is C22H20Cl2N2O6. The Kier molecular flexibility index (Phi) is 8.08. The second-order valence-electron chi connectivity index (χ2n) is 6.93. The highest BCUT2D eigenvalue weighted by atomic mass is 35.5. The molecule has 1 fully saturated rings. The molecule has 3 rings (SSSR count). The molecule has 1 aliphatic rings. The van der Waals surface area contributed by atoms with Crippen LogP contribution in [0.2, 0.25) is 10.0 Å². The van der Waals surface area contributed by atoms with Gasteiger partial charge in [-0.15, -0.1) is 0 Å². The van der Waals surface area contributed by atoms with Gasteiger partial charge in [-0.05, 0) is 48.5 Å². The van der Waals surface area contributed by atoms with Crippen molar-refractivity contribution in [1.29, 1.82) is 0 Å². The topological polar surface area (TPSA) is 93.2 Å². The summed E-state index contributed by atoms with van der Waals surface area (Å²) in [6.45, 7) is 0.354. The Morgan fingerprint density at radius 1 is 0.625 bits per heavy atom. The van der Waals surface area contributed by atoms with Crippen molar-refractivity contribution < 1.29 is 28.7 Å². The third-order valence-corrected chi connectivity index (χ3v) is 5.30. The minimum Gasteiger partial charge on any atom is -0.452 e. The van der Waals surface area contributed by atoms with Crippen LogP contribution in [0.4, 0.5) is 0 Å². The van der Waals surface area contributed by atoms with E-state index >= 15 is 0 Å². The molecule has 0 atom stereocenters. The summed E-state index contributed by atoms with van der Waals surface area (Å²) in [5.74, 6) is -1.94. The summed E-state index contributed by atoms with van der Waals surface area (Å²) < 4.78 is 10.1. The van der Waals surface area contributed by atoms with E-state index in [0.717, 1.165) is 0 Å². The van der Waals surface area contributed by atoms with Crippen LogP contribution < -0.4 is 0 Å². The Labute approximate surface area is 194 Å². The van der Waals surface area contributed by atoms with Crippen molar-refractivity contribution in [2.45, 2.75) is 0 Å². The molecule has 0 aliphatic carbocycles. The van der Waals surface area contributed by atoms with Crippen molar-refractivity contribution >= 4 is 47.0 Å². The van der Waals surface area contributed by atoms with Crippen LogP contribution in [0.1, 0.15) is 20.7 Å². The summed E-state index contributed by atoms with van der Waals surface area (Å²) in [7, 11) is 0. The summed E-state index contributed by atoms with van der Waals surface area (Å²) in [4.78, 5) is 51.6. The predicted octanol–water partition coefficient (Wildman–Crippen LogP) is 2.68. The molecule has 2 aromatic carbocycles. The van der Waals surface area contributed by atoms with Crippen LogP contribution in [0.25, 0.3) is 0 Å². The van der Waals surface area contributed by atoms with Crippen LogP contribution in [0.5, 0.6) is 0 Å². The van der Waals surface area contributed by atoms with Gasteiger partial charge in [0.1, 0.15) is 0 Å². The summed E-state index contributed by atoms with van der Waals surface area (Å²) >= 11 is 11.6. The molecule has 10 heteroatoms. The minimum absolute atomic E-state index is 0.286. The van der Waals surface area contributed by atoms with Crippen molar-refractivity contribution in [1.82, 2.24) is 9.80 Å². The highest BCUT2D eigenvalue weighted by Crippen LogP contribution is 2.12. The Morgan fingerprint density at radius 3 is 1.25 bits per heavy atom. The van der Waals surface area contributed by atoms with E-state index in [9.17, 15) is 19.2 Å². The zero-order chi connectivity index (χ0) is 23.1. The average Bonchev–Trinajstić information content (AvgIpc) is 2.81. The van der Waals surface area contributed by atoms with Gasteiger partial charge >= 0.3 is 11.9 Å². The number of carbonyl (C=O) groups is 4. The van der Waals surface area contributed by atoms with E-state index in [2.05, 4.69) is 0 Å². The maximum Gasteiger partial charge on any atom is 0.338 e.